The number of nitrogens with one attached hydrogen (secondary N) is 2. The molecule has 1 rings (SSSR count). The van der Waals surface area contributed by atoms with Crippen LogP contribution < -0.4 is 10.6 Å². The molecule has 2 N–H and O–H groups in total. The molecule has 150 valence electrons. The van der Waals surface area contributed by atoms with Gasteiger partial charge in [0.15, 0.2) is 0 Å². The fraction of sp³-hybridized carbons (Fsp3) is 0.688. The van der Waals surface area contributed by atoms with Crippen LogP contribution >= 0.6 is 0 Å². The average molecular weight is 375 g/mol. The Morgan fingerprint density at radius 2 is 1.58 bits per heavy atom. The minimum absolute atomic E-state index is 0. The summed E-state index contributed by atoms with van der Waals surface area (Å²) in [6.07, 6.45) is 0.795. The van der Waals surface area contributed by atoms with E-state index in [-0.39, 0.29) is 46.8 Å². The second-order valence-electron chi connectivity index (χ2n) is 5.56. The lowest BCUT2D eigenvalue weighted by atomic mass is 10.2. The summed E-state index contributed by atoms with van der Waals surface area (Å²) in [5.41, 5.74) is 0. The van der Waals surface area contributed by atoms with Gasteiger partial charge >= 0.3 is 5.97 Å². The number of ether oxygens (including phenoxy) is 1. The summed E-state index contributed by atoms with van der Waals surface area (Å²) >= 11 is 0. The van der Waals surface area contributed by atoms with Crippen molar-refractivity contribution < 1.29 is 36.4 Å². The first-order valence-corrected chi connectivity index (χ1v) is 8.61. The van der Waals surface area contributed by atoms with Crippen molar-refractivity contribution in [1.29, 1.82) is 0 Å². The van der Waals surface area contributed by atoms with Crippen LogP contribution in [0.15, 0.2) is 0 Å². The SMILES string of the molecule is CCC(=O)NCCOCCNC(=O)CCCC(=O)ON1C(=O)CCC1=O.[HH].[HH]. The van der Waals surface area contributed by atoms with E-state index in [9.17, 15) is 24.0 Å². The number of rotatable bonds is 12. The number of imide groups is 1. The molecule has 0 aliphatic carbocycles. The molecule has 0 atom stereocenters. The van der Waals surface area contributed by atoms with Gasteiger partial charge in [0.25, 0.3) is 11.8 Å². The highest BCUT2D eigenvalue weighted by Crippen LogP contribution is 2.13. The predicted molar refractivity (Wildman–Crippen MR) is 92.4 cm³/mol. The normalized spacial score (nSPS) is 13.7. The van der Waals surface area contributed by atoms with Crippen LogP contribution in [-0.2, 0) is 33.5 Å². The van der Waals surface area contributed by atoms with E-state index in [1.165, 1.54) is 0 Å². The van der Waals surface area contributed by atoms with E-state index in [4.69, 9.17) is 9.57 Å². The van der Waals surface area contributed by atoms with Crippen LogP contribution in [-0.4, -0.2) is 61.0 Å². The molecule has 1 aliphatic rings. The highest BCUT2D eigenvalue weighted by Gasteiger charge is 2.32. The molecular weight excluding hydrogens is 346 g/mol. The Kier molecular flexibility index (Phi) is 9.91. The molecule has 10 nitrogen and oxygen atoms in total. The Hall–Kier alpha value is -2.49. The van der Waals surface area contributed by atoms with E-state index in [1.807, 2.05) is 0 Å². The smallest absolute Gasteiger partial charge is 0.333 e. The molecule has 1 heterocycles. The van der Waals surface area contributed by atoms with Gasteiger partial charge in [-0.1, -0.05) is 6.92 Å². The second kappa shape index (κ2) is 12.0. The van der Waals surface area contributed by atoms with Crippen molar-refractivity contribution in [2.75, 3.05) is 26.3 Å². The average Bonchev–Trinajstić information content (AvgIpc) is 2.92. The largest absolute Gasteiger partial charge is 0.378 e. The van der Waals surface area contributed by atoms with Gasteiger partial charge in [-0.05, 0) is 6.42 Å². The van der Waals surface area contributed by atoms with Gasteiger partial charge in [0.05, 0.1) is 13.2 Å². The Morgan fingerprint density at radius 1 is 1.00 bits per heavy atom. The van der Waals surface area contributed by atoms with Crippen molar-refractivity contribution in [3.63, 3.8) is 0 Å². The molecule has 0 bridgehead atoms. The summed E-state index contributed by atoms with van der Waals surface area (Å²) < 4.78 is 5.24. The Bertz CT molecular complexity index is 530. The fourth-order valence-electron chi connectivity index (χ4n) is 2.04. The van der Waals surface area contributed by atoms with E-state index in [1.54, 1.807) is 6.92 Å². The minimum Gasteiger partial charge on any atom is -0.378 e. The molecule has 0 unspecified atom stereocenters. The third-order valence-corrected chi connectivity index (χ3v) is 3.44. The number of hydrogen-bond acceptors (Lipinski definition) is 7. The van der Waals surface area contributed by atoms with Gasteiger partial charge in [0.1, 0.15) is 0 Å². The summed E-state index contributed by atoms with van der Waals surface area (Å²) in [5, 5.41) is 5.78. The first kappa shape index (κ1) is 21.6. The van der Waals surface area contributed by atoms with Crippen LogP contribution in [0.4, 0.5) is 0 Å². The van der Waals surface area contributed by atoms with E-state index in [2.05, 4.69) is 10.6 Å². The predicted octanol–water partition coefficient (Wildman–Crippen LogP) is -0.0851. The van der Waals surface area contributed by atoms with Crippen molar-refractivity contribution in [2.24, 2.45) is 0 Å². The van der Waals surface area contributed by atoms with E-state index in [0.717, 1.165) is 0 Å². The van der Waals surface area contributed by atoms with Crippen molar-refractivity contribution in [1.82, 2.24) is 15.7 Å². The number of hydrogen-bond donors (Lipinski definition) is 2. The van der Waals surface area contributed by atoms with Crippen LogP contribution in [0.25, 0.3) is 0 Å². The number of carbonyl (C=O) groups excluding carboxylic acids is 5. The molecule has 1 saturated heterocycles. The zero-order valence-electron chi connectivity index (χ0n) is 14.9. The van der Waals surface area contributed by atoms with E-state index < -0.39 is 17.8 Å². The van der Waals surface area contributed by atoms with Gasteiger partial charge in [-0.3, -0.25) is 19.2 Å². The topological polar surface area (TPSA) is 131 Å². The van der Waals surface area contributed by atoms with Crippen LogP contribution in [0.2, 0.25) is 0 Å². The summed E-state index contributed by atoms with van der Waals surface area (Å²) in [6.45, 7) is 3.18. The lowest BCUT2D eigenvalue weighted by Gasteiger charge is -2.12. The molecule has 0 aromatic carbocycles. The monoisotopic (exact) mass is 375 g/mol. The standard InChI is InChI=1S/C16H25N3O7.2H2/c1-2-12(20)17-8-10-25-11-9-18-13(21)4-3-5-16(24)26-19-14(22)6-7-15(19)23;;/h2-11H2,1H3,(H,17,20)(H,18,21);2*1H. The Balaban J connectivity index is 0. The first-order chi connectivity index (χ1) is 12.4. The highest BCUT2D eigenvalue weighted by atomic mass is 16.7. The summed E-state index contributed by atoms with van der Waals surface area (Å²) in [6, 6.07) is 0. The molecule has 4 amide bonds. The third kappa shape index (κ3) is 8.56. The van der Waals surface area contributed by atoms with Gasteiger partial charge in [-0.2, -0.15) is 0 Å². The molecule has 10 heteroatoms. The zero-order valence-corrected chi connectivity index (χ0v) is 14.9. The van der Waals surface area contributed by atoms with Gasteiger partial charge < -0.3 is 20.2 Å². The number of amides is 4. The van der Waals surface area contributed by atoms with E-state index in [0.29, 0.717) is 37.8 Å². The maximum atomic E-state index is 11.6. The van der Waals surface area contributed by atoms with E-state index >= 15 is 0 Å². The maximum Gasteiger partial charge on any atom is 0.333 e. The third-order valence-electron chi connectivity index (χ3n) is 3.44. The van der Waals surface area contributed by atoms with Crippen LogP contribution in [0.1, 0.15) is 48.3 Å². The fourth-order valence-corrected chi connectivity index (χ4v) is 2.04. The van der Waals surface area contributed by atoms with Crippen LogP contribution in [0, 0.1) is 0 Å². The zero-order chi connectivity index (χ0) is 19.4. The molecule has 0 saturated carbocycles. The lowest BCUT2D eigenvalue weighted by molar-refractivity contribution is -0.197. The van der Waals surface area contributed by atoms with Crippen molar-refractivity contribution in [3.05, 3.63) is 0 Å². The van der Waals surface area contributed by atoms with Gasteiger partial charge in [0, 0.05) is 48.0 Å². The second-order valence-corrected chi connectivity index (χ2v) is 5.56. The van der Waals surface area contributed by atoms with Crippen molar-refractivity contribution in [2.45, 2.75) is 45.4 Å². The van der Waals surface area contributed by atoms with Gasteiger partial charge in [-0.15, -0.1) is 5.06 Å². The number of hydroxylamine groups is 2. The molecule has 0 spiro atoms. The van der Waals surface area contributed by atoms with Crippen molar-refractivity contribution >= 4 is 29.6 Å². The van der Waals surface area contributed by atoms with Crippen LogP contribution in [0.5, 0.6) is 0 Å². The molecule has 26 heavy (non-hydrogen) atoms. The van der Waals surface area contributed by atoms with Crippen molar-refractivity contribution in [3.8, 4) is 0 Å². The summed E-state index contributed by atoms with van der Waals surface area (Å²) in [7, 11) is 0. The lowest BCUT2D eigenvalue weighted by Crippen LogP contribution is -2.32. The van der Waals surface area contributed by atoms with Crippen LogP contribution in [0.3, 0.4) is 0 Å². The summed E-state index contributed by atoms with van der Waals surface area (Å²) in [4.78, 5) is 61.4. The molecular formula is C16H29N3O7. The number of carbonyl (C=O) groups is 5. The minimum atomic E-state index is -0.723. The number of nitrogens with zero attached hydrogens (tertiary/aromatic N) is 1. The van der Waals surface area contributed by atoms with Gasteiger partial charge in [0.2, 0.25) is 11.8 Å². The Morgan fingerprint density at radius 3 is 2.15 bits per heavy atom. The molecule has 0 aromatic rings. The molecule has 0 aromatic heterocycles. The highest BCUT2D eigenvalue weighted by molar-refractivity contribution is 6.01. The first-order valence-electron chi connectivity index (χ1n) is 8.61. The molecule has 1 aliphatic heterocycles. The maximum absolute atomic E-state index is 11.6. The molecule has 1 fully saturated rings. The Labute approximate surface area is 154 Å². The summed E-state index contributed by atoms with van der Waals surface area (Å²) in [5.74, 6) is -2.07. The molecule has 0 radical (unpaired) electrons. The van der Waals surface area contributed by atoms with Gasteiger partial charge in [-0.25, -0.2) is 4.79 Å². The quantitative estimate of drug-likeness (QED) is 0.360.